The SMILES string of the molecule is C.CCCN1CCC[C@@H]2Cc3c(ccc(OCc4ccccc4)c3O[C@@H]3O[C@H](C(=O)OC)[C@@H](OC(C)=O)[C@H](OC(C)=O)[C@H]3OC(C)=O)C[C@H]21. The first kappa shape index (κ1) is 37.7. The number of fused-ring (bicyclic) bond motifs is 2. The van der Waals surface area contributed by atoms with Gasteiger partial charge in [0.15, 0.2) is 29.8 Å². The zero-order valence-corrected chi connectivity index (χ0v) is 28.2. The van der Waals surface area contributed by atoms with Gasteiger partial charge in [-0.25, -0.2) is 4.79 Å². The molecule has 12 heteroatoms. The highest BCUT2D eigenvalue weighted by Gasteiger charge is 2.56. The Morgan fingerprint density at radius 2 is 1.55 bits per heavy atom. The van der Waals surface area contributed by atoms with Crippen molar-refractivity contribution in [1.29, 1.82) is 0 Å². The first-order valence-electron chi connectivity index (χ1n) is 16.6. The monoisotopic (exact) mass is 683 g/mol. The Kier molecular flexibility index (Phi) is 13.0. The zero-order chi connectivity index (χ0) is 34.4. The maximum atomic E-state index is 13.0. The molecule has 2 heterocycles. The number of likely N-dealkylation sites (tertiary alicyclic amines) is 1. The van der Waals surface area contributed by atoms with Crippen LogP contribution in [0.15, 0.2) is 42.5 Å². The Balaban J connectivity index is 0.00000541. The standard InChI is InChI=1S/C36H45NO11.CH4/c1-6-16-37-17-10-13-26-18-27-25(19-28(26)37)14-15-29(43-20-24-11-8-7-9-12-24)30(27)47-36-34(46-23(4)40)32(45-22(3)39)31(44-21(2)38)33(48-36)35(41)42-5;/h7-9,11-12,14-15,26,28,31-34,36H,6,10,13,16-20H2,1-5H3;1H4/t26-,28-,31+,32+,33+,34-,36-;/m1./s1. The van der Waals surface area contributed by atoms with Crippen LogP contribution < -0.4 is 9.47 Å². The van der Waals surface area contributed by atoms with Gasteiger partial charge in [0.2, 0.25) is 12.4 Å². The molecule has 2 aliphatic heterocycles. The van der Waals surface area contributed by atoms with E-state index < -0.39 is 54.6 Å². The van der Waals surface area contributed by atoms with Crippen molar-refractivity contribution in [2.75, 3.05) is 20.2 Å². The van der Waals surface area contributed by atoms with Gasteiger partial charge in [0.1, 0.15) is 6.61 Å². The lowest BCUT2D eigenvalue weighted by Crippen LogP contribution is -2.64. The molecule has 49 heavy (non-hydrogen) atoms. The zero-order valence-electron chi connectivity index (χ0n) is 28.2. The van der Waals surface area contributed by atoms with Crippen LogP contribution in [0.3, 0.4) is 0 Å². The van der Waals surface area contributed by atoms with Crippen molar-refractivity contribution in [2.24, 2.45) is 5.92 Å². The maximum Gasteiger partial charge on any atom is 0.339 e. The number of hydrogen-bond donors (Lipinski definition) is 0. The summed E-state index contributed by atoms with van der Waals surface area (Å²) in [6.45, 7) is 8.02. The van der Waals surface area contributed by atoms with Crippen molar-refractivity contribution < 1.29 is 52.3 Å². The van der Waals surface area contributed by atoms with Gasteiger partial charge in [-0.3, -0.25) is 19.3 Å². The fraction of sp³-hybridized carbons (Fsp3) is 0.568. The Labute approximate surface area is 288 Å². The van der Waals surface area contributed by atoms with Crippen molar-refractivity contribution in [2.45, 2.75) is 111 Å². The van der Waals surface area contributed by atoms with Gasteiger partial charge in [-0.05, 0) is 68.3 Å². The van der Waals surface area contributed by atoms with Gasteiger partial charge < -0.3 is 33.2 Å². The number of nitrogens with zero attached hydrogens (tertiary/aromatic N) is 1. The Morgan fingerprint density at radius 3 is 2.20 bits per heavy atom. The summed E-state index contributed by atoms with van der Waals surface area (Å²) in [5, 5.41) is 0. The summed E-state index contributed by atoms with van der Waals surface area (Å²) >= 11 is 0. The highest BCUT2D eigenvalue weighted by atomic mass is 16.7. The molecule has 2 aromatic carbocycles. The lowest BCUT2D eigenvalue weighted by atomic mass is 9.75. The first-order valence-corrected chi connectivity index (χ1v) is 16.6. The van der Waals surface area contributed by atoms with Gasteiger partial charge in [0.05, 0.1) is 7.11 Å². The number of benzene rings is 2. The number of ether oxygens (including phenoxy) is 7. The second-order valence-electron chi connectivity index (χ2n) is 12.5. The first-order chi connectivity index (χ1) is 23.1. The molecule has 2 fully saturated rings. The lowest BCUT2D eigenvalue weighted by Gasteiger charge is -2.46. The minimum atomic E-state index is -1.57. The van der Waals surface area contributed by atoms with E-state index in [0.717, 1.165) is 76.4 Å². The minimum absolute atomic E-state index is 0. The van der Waals surface area contributed by atoms with Crippen LogP contribution >= 0.6 is 0 Å². The molecule has 0 unspecified atom stereocenters. The molecule has 2 aromatic rings. The molecule has 12 nitrogen and oxygen atoms in total. The van der Waals surface area contributed by atoms with Gasteiger partial charge in [-0.1, -0.05) is 50.7 Å². The number of esters is 4. The van der Waals surface area contributed by atoms with Gasteiger partial charge >= 0.3 is 23.9 Å². The summed E-state index contributed by atoms with van der Waals surface area (Å²) in [5.74, 6) is -1.97. The van der Waals surface area contributed by atoms with E-state index in [1.165, 1.54) is 6.92 Å². The smallest absolute Gasteiger partial charge is 0.339 e. The van der Waals surface area contributed by atoms with Gasteiger partial charge in [-0.2, -0.15) is 0 Å². The topological polar surface area (TPSA) is 136 Å². The largest absolute Gasteiger partial charge is 0.485 e. The van der Waals surface area contributed by atoms with Crippen LogP contribution in [-0.2, 0) is 62.3 Å². The number of methoxy groups -OCH3 is 1. The van der Waals surface area contributed by atoms with Gasteiger partial charge in [0.25, 0.3) is 0 Å². The molecule has 0 saturated carbocycles. The molecule has 7 atom stereocenters. The van der Waals surface area contributed by atoms with E-state index in [1.807, 2.05) is 36.4 Å². The fourth-order valence-corrected chi connectivity index (χ4v) is 7.13. The summed E-state index contributed by atoms with van der Waals surface area (Å²) in [7, 11) is 1.15. The molecule has 0 N–H and O–H groups in total. The molecule has 2 saturated heterocycles. The second kappa shape index (κ2) is 17.0. The number of rotatable bonds is 11. The van der Waals surface area contributed by atoms with Gasteiger partial charge in [-0.15, -0.1) is 0 Å². The lowest BCUT2D eigenvalue weighted by molar-refractivity contribution is -0.282. The van der Waals surface area contributed by atoms with Crippen LogP contribution in [0.1, 0.15) is 71.1 Å². The van der Waals surface area contributed by atoms with E-state index in [2.05, 4.69) is 17.9 Å². The summed E-state index contributed by atoms with van der Waals surface area (Å²) in [6.07, 6.45) is -2.66. The third-order valence-corrected chi connectivity index (χ3v) is 9.07. The third-order valence-electron chi connectivity index (χ3n) is 9.07. The van der Waals surface area contributed by atoms with E-state index >= 15 is 0 Å². The van der Waals surface area contributed by atoms with Crippen molar-refractivity contribution in [1.82, 2.24) is 4.90 Å². The average Bonchev–Trinajstić information content (AvgIpc) is 3.05. The summed E-state index contributed by atoms with van der Waals surface area (Å²) in [5.41, 5.74) is 2.98. The van der Waals surface area contributed by atoms with Gasteiger partial charge in [0, 0.05) is 32.4 Å². The predicted octanol–water partition coefficient (Wildman–Crippen LogP) is 4.56. The van der Waals surface area contributed by atoms with Crippen molar-refractivity contribution in [3.05, 3.63) is 59.2 Å². The highest BCUT2D eigenvalue weighted by molar-refractivity contribution is 5.77. The van der Waals surface area contributed by atoms with Crippen LogP contribution in [0.5, 0.6) is 11.5 Å². The molecule has 3 aliphatic rings. The third kappa shape index (κ3) is 8.90. The van der Waals surface area contributed by atoms with Crippen LogP contribution in [-0.4, -0.2) is 85.7 Å². The Bertz CT molecular complexity index is 1460. The normalized spacial score (nSPS) is 26.1. The number of piperidine rings is 1. The molecule has 0 radical (unpaired) electrons. The maximum absolute atomic E-state index is 13.0. The van der Waals surface area contributed by atoms with E-state index in [9.17, 15) is 19.2 Å². The average molecular weight is 684 g/mol. The Hall–Kier alpha value is -4.16. The molecule has 5 rings (SSSR count). The second-order valence-corrected chi connectivity index (χ2v) is 12.5. The van der Waals surface area contributed by atoms with E-state index in [4.69, 9.17) is 33.2 Å². The number of hydrogen-bond acceptors (Lipinski definition) is 12. The molecular weight excluding hydrogens is 634 g/mol. The predicted molar refractivity (Wildman–Crippen MR) is 178 cm³/mol. The van der Waals surface area contributed by atoms with Crippen molar-refractivity contribution in [3.8, 4) is 11.5 Å². The Morgan fingerprint density at radius 1 is 0.878 bits per heavy atom. The van der Waals surface area contributed by atoms with E-state index in [1.54, 1.807) is 0 Å². The highest BCUT2D eigenvalue weighted by Crippen LogP contribution is 2.44. The van der Waals surface area contributed by atoms with E-state index in [-0.39, 0.29) is 14.0 Å². The molecular formula is C37H49NO11. The van der Waals surface area contributed by atoms with Crippen LogP contribution in [0.2, 0.25) is 0 Å². The van der Waals surface area contributed by atoms with Crippen LogP contribution in [0.4, 0.5) is 0 Å². The summed E-state index contributed by atoms with van der Waals surface area (Å²) in [4.78, 5) is 52.5. The van der Waals surface area contributed by atoms with Crippen molar-refractivity contribution >= 4 is 23.9 Å². The van der Waals surface area contributed by atoms with E-state index in [0.29, 0.717) is 29.9 Å². The molecule has 0 aromatic heterocycles. The quantitative estimate of drug-likeness (QED) is 0.243. The number of carbonyl (C=O) groups excluding carboxylic acids is 4. The van der Waals surface area contributed by atoms with Crippen LogP contribution in [0.25, 0.3) is 0 Å². The van der Waals surface area contributed by atoms with Crippen molar-refractivity contribution in [3.63, 3.8) is 0 Å². The minimum Gasteiger partial charge on any atom is -0.485 e. The fourth-order valence-electron chi connectivity index (χ4n) is 7.13. The molecule has 0 amide bonds. The van der Waals surface area contributed by atoms with Crippen LogP contribution in [0, 0.1) is 5.92 Å². The molecule has 268 valence electrons. The summed E-state index contributed by atoms with van der Waals surface area (Å²) < 4.78 is 40.8. The molecule has 0 spiro atoms. The summed E-state index contributed by atoms with van der Waals surface area (Å²) in [6, 6.07) is 14.0. The molecule has 1 aliphatic carbocycles. The number of carbonyl (C=O) groups is 4. The molecule has 0 bridgehead atoms.